The van der Waals surface area contributed by atoms with Crippen LogP contribution in [0, 0.1) is 6.92 Å². The molecule has 0 bridgehead atoms. The number of amides is 1. The van der Waals surface area contributed by atoms with E-state index in [0.29, 0.717) is 28.0 Å². The average molecular weight is 353 g/mol. The third kappa shape index (κ3) is 3.54. The Kier molecular flexibility index (Phi) is 4.44. The molecule has 3 aromatic rings. The Hall–Kier alpha value is -2.34. The van der Waals surface area contributed by atoms with E-state index in [2.05, 4.69) is 15.3 Å². The second kappa shape index (κ2) is 6.88. The molecule has 0 atom stereocenters. The van der Waals surface area contributed by atoms with Crippen LogP contribution in [-0.2, 0) is 0 Å². The van der Waals surface area contributed by atoms with Crippen molar-refractivity contribution in [2.45, 2.75) is 42.9 Å². The summed E-state index contributed by atoms with van der Waals surface area (Å²) in [6, 6.07) is 9.10. The first-order valence-electron chi connectivity index (χ1n) is 8.49. The maximum atomic E-state index is 12.7. The molecule has 0 radical (unpaired) electrons. The fourth-order valence-corrected chi connectivity index (χ4v) is 4.43. The number of carbonyl (C=O) groups is 1. The van der Waals surface area contributed by atoms with Crippen LogP contribution in [0.1, 0.15) is 41.9 Å². The molecular formula is C19H19N3O2S. The van der Waals surface area contributed by atoms with Crippen molar-refractivity contribution in [3.05, 3.63) is 48.0 Å². The summed E-state index contributed by atoms with van der Waals surface area (Å²) in [4.78, 5) is 21.5. The molecule has 1 aromatic carbocycles. The van der Waals surface area contributed by atoms with E-state index in [0.717, 1.165) is 10.5 Å². The topological polar surface area (TPSA) is 68.0 Å². The van der Waals surface area contributed by atoms with Gasteiger partial charge < -0.3 is 9.73 Å². The van der Waals surface area contributed by atoms with E-state index in [1.807, 2.05) is 24.3 Å². The van der Waals surface area contributed by atoms with Crippen molar-refractivity contribution >= 4 is 34.5 Å². The third-order valence-electron chi connectivity index (χ3n) is 4.35. The number of nitrogens with one attached hydrogen (secondary N) is 1. The molecule has 0 spiro atoms. The number of fused-ring (bicyclic) bond motifs is 1. The first-order chi connectivity index (χ1) is 12.2. The number of thioether (sulfide) groups is 1. The number of aromatic nitrogens is 2. The Morgan fingerprint density at radius 3 is 2.96 bits per heavy atom. The summed E-state index contributed by atoms with van der Waals surface area (Å²) in [7, 11) is 0. The lowest BCUT2D eigenvalue weighted by Gasteiger charge is -2.12. The Morgan fingerprint density at radius 1 is 1.28 bits per heavy atom. The molecule has 6 heteroatoms. The molecule has 4 rings (SSSR count). The predicted molar refractivity (Wildman–Crippen MR) is 99.0 cm³/mol. The summed E-state index contributed by atoms with van der Waals surface area (Å²) < 4.78 is 5.47. The van der Waals surface area contributed by atoms with Gasteiger partial charge in [0.05, 0.1) is 5.56 Å². The van der Waals surface area contributed by atoms with Gasteiger partial charge in [-0.25, -0.2) is 9.97 Å². The molecule has 5 nitrogen and oxygen atoms in total. The molecule has 1 aliphatic carbocycles. The van der Waals surface area contributed by atoms with Crippen LogP contribution in [0.15, 0.2) is 46.0 Å². The highest BCUT2D eigenvalue weighted by Crippen LogP contribution is 2.35. The summed E-state index contributed by atoms with van der Waals surface area (Å²) in [5, 5.41) is 4.33. The van der Waals surface area contributed by atoms with Gasteiger partial charge in [-0.1, -0.05) is 12.8 Å². The fraction of sp³-hybridized carbons (Fsp3) is 0.316. The van der Waals surface area contributed by atoms with E-state index in [1.54, 1.807) is 30.9 Å². The first-order valence-corrected chi connectivity index (χ1v) is 9.37. The number of carbonyl (C=O) groups excluding carboxylic acids is 1. The maximum Gasteiger partial charge on any atom is 0.258 e. The molecule has 2 aromatic heterocycles. The van der Waals surface area contributed by atoms with Gasteiger partial charge in [-0.05, 0) is 43.2 Å². The van der Waals surface area contributed by atoms with Crippen LogP contribution in [0.4, 0.5) is 5.69 Å². The summed E-state index contributed by atoms with van der Waals surface area (Å²) in [5.74, 6) is 0.467. The van der Waals surface area contributed by atoms with Crippen LogP contribution in [0.25, 0.3) is 11.1 Å². The number of hydrogen-bond acceptors (Lipinski definition) is 5. The van der Waals surface area contributed by atoms with E-state index >= 15 is 0 Å². The van der Waals surface area contributed by atoms with Crippen LogP contribution in [-0.4, -0.2) is 21.1 Å². The minimum atomic E-state index is -0.145. The lowest BCUT2D eigenvalue weighted by atomic mass is 10.2. The van der Waals surface area contributed by atoms with Crippen molar-refractivity contribution < 1.29 is 9.21 Å². The predicted octanol–water partition coefficient (Wildman–Crippen LogP) is 4.82. The van der Waals surface area contributed by atoms with Gasteiger partial charge in [0.25, 0.3) is 5.91 Å². The van der Waals surface area contributed by atoms with Gasteiger partial charge in [-0.15, -0.1) is 11.8 Å². The Balaban J connectivity index is 1.55. The maximum absolute atomic E-state index is 12.7. The minimum Gasteiger partial charge on any atom is -0.441 e. The zero-order chi connectivity index (χ0) is 17.2. The molecule has 0 saturated heterocycles. The second-order valence-corrected chi connectivity index (χ2v) is 7.54. The summed E-state index contributed by atoms with van der Waals surface area (Å²) in [6.45, 7) is 1.81. The van der Waals surface area contributed by atoms with E-state index in [1.165, 1.54) is 25.7 Å². The Bertz CT molecular complexity index is 916. The smallest absolute Gasteiger partial charge is 0.258 e. The highest BCUT2D eigenvalue weighted by atomic mass is 32.2. The highest BCUT2D eigenvalue weighted by molar-refractivity contribution is 7.99. The van der Waals surface area contributed by atoms with Gasteiger partial charge in [0.15, 0.2) is 11.5 Å². The van der Waals surface area contributed by atoms with Crippen LogP contribution in [0.3, 0.4) is 0 Å². The normalized spacial score (nSPS) is 14.9. The van der Waals surface area contributed by atoms with Crippen LogP contribution in [0.5, 0.6) is 0 Å². The van der Waals surface area contributed by atoms with Crippen LogP contribution >= 0.6 is 11.8 Å². The van der Waals surface area contributed by atoms with Crippen molar-refractivity contribution in [1.29, 1.82) is 0 Å². The first kappa shape index (κ1) is 16.1. The number of oxazole rings is 1. The number of nitrogens with zero attached hydrogens (tertiary/aromatic N) is 2. The molecule has 25 heavy (non-hydrogen) atoms. The van der Waals surface area contributed by atoms with E-state index in [4.69, 9.17) is 4.42 Å². The highest BCUT2D eigenvalue weighted by Gasteiger charge is 2.20. The number of aryl methyl sites for hydroxylation is 1. The number of anilines is 1. The molecule has 1 saturated carbocycles. The molecule has 1 amide bonds. The molecule has 1 N–H and O–H groups in total. The monoisotopic (exact) mass is 353 g/mol. The Morgan fingerprint density at radius 2 is 2.12 bits per heavy atom. The van der Waals surface area contributed by atoms with Gasteiger partial charge in [-0.3, -0.25) is 4.79 Å². The van der Waals surface area contributed by atoms with Crippen molar-refractivity contribution in [1.82, 2.24) is 9.97 Å². The van der Waals surface area contributed by atoms with Crippen molar-refractivity contribution in [2.75, 3.05) is 5.32 Å². The van der Waals surface area contributed by atoms with E-state index < -0.39 is 0 Å². The molecule has 1 fully saturated rings. The third-order valence-corrected chi connectivity index (χ3v) is 5.70. The van der Waals surface area contributed by atoms with Gasteiger partial charge in [0.1, 0.15) is 10.5 Å². The number of pyridine rings is 1. The Labute approximate surface area is 150 Å². The minimum absolute atomic E-state index is 0.145. The quantitative estimate of drug-likeness (QED) is 0.728. The van der Waals surface area contributed by atoms with Gasteiger partial charge >= 0.3 is 0 Å². The number of rotatable bonds is 4. The summed E-state index contributed by atoms with van der Waals surface area (Å²) in [6.07, 6.45) is 6.68. The summed E-state index contributed by atoms with van der Waals surface area (Å²) in [5.41, 5.74) is 2.78. The van der Waals surface area contributed by atoms with Gasteiger partial charge in [-0.2, -0.15) is 0 Å². The largest absolute Gasteiger partial charge is 0.441 e. The molecule has 0 aliphatic heterocycles. The van der Waals surface area contributed by atoms with Crippen LogP contribution in [0.2, 0.25) is 0 Å². The second-order valence-electron chi connectivity index (χ2n) is 6.25. The van der Waals surface area contributed by atoms with Crippen molar-refractivity contribution in [2.24, 2.45) is 0 Å². The van der Waals surface area contributed by atoms with E-state index in [-0.39, 0.29) is 5.91 Å². The molecule has 0 unspecified atom stereocenters. The van der Waals surface area contributed by atoms with Gasteiger partial charge in [0, 0.05) is 24.1 Å². The zero-order valence-corrected chi connectivity index (χ0v) is 14.8. The fourth-order valence-electron chi connectivity index (χ4n) is 3.14. The van der Waals surface area contributed by atoms with Crippen molar-refractivity contribution in [3.8, 4) is 0 Å². The van der Waals surface area contributed by atoms with E-state index in [9.17, 15) is 4.79 Å². The molecule has 128 valence electrons. The zero-order valence-electron chi connectivity index (χ0n) is 14.0. The standard InChI is InChI=1S/C19H19N3O2S/c1-12-21-16-11-13(8-9-17(16)24-12)22-18(23)15-7-4-10-20-19(15)25-14-5-2-3-6-14/h4,7-11,14H,2-3,5-6H2,1H3,(H,22,23). The molecule has 2 heterocycles. The molecule has 1 aliphatic rings. The SMILES string of the molecule is Cc1nc2cc(NC(=O)c3cccnc3SC3CCCC3)ccc2o1. The lowest BCUT2D eigenvalue weighted by Crippen LogP contribution is -2.14. The lowest BCUT2D eigenvalue weighted by molar-refractivity contribution is 0.102. The summed E-state index contributed by atoms with van der Waals surface area (Å²) >= 11 is 1.72. The van der Waals surface area contributed by atoms with Gasteiger partial charge in [0.2, 0.25) is 0 Å². The van der Waals surface area contributed by atoms with Crippen LogP contribution < -0.4 is 5.32 Å². The average Bonchev–Trinajstić information content (AvgIpc) is 3.23. The number of hydrogen-bond donors (Lipinski definition) is 1. The molecular weight excluding hydrogens is 334 g/mol. The number of benzene rings is 1. The van der Waals surface area contributed by atoms with Crippen molar-refractivity contribution in [3.63, 3.8) is 0 Å².